The third kappa shape index (κ3) is 9.80. The Kier molecular flexibility index (Phi) is 13.1. The number of nitrogens with one attached hydrogen (secondary N) is 3. The van der Waals surface area contributed by atoms with E-state index in [2.05, 4.69) is 25.7 Å². The number of hydrogen-bond acceptors (Lipinski definition) is 4. The molecular weight excluding hydrogens is 545 g/mol. The van der Waals surface area contributed by atoms with Gasteiger partial charge in [0.2, 0.25) is 5.91 Å². The van der Waals surface area contributed by atoms with Crippen LogP contribution in [0.4, 0.5) is 14.5 Å². The summed E-state index contributed by atoms with van der Waals surface area (Å²) >= 11 is 0. The van der Waals surface area contributed by atoms with Gasteiger partial charge in [0.05, 0.1) is 6.61 Å². The van der Waals surface area contributed by atoms with Crippen LogP contribution in [0, 0.1) is 0 Å². The summed E-state index contributed by atoms with van der Waals surface area (Å²) in [5.74, 6) is 0.760. The zero-order valence-corrected chi connectivity index (χ0v) is 21.3. The molecule has 0 fully saturated rings. The number of hydrogen-bond donors (Lipinski definition) is 3. The minimum atomic E-state index is -2.96. The lowest BCUT2D eigenvalue weighted by Gasteiger charge is -2.17. The molecule has 0 unspecified atom stereocenters. The quantitative estimate of drug-likeness (QED) is 0.201. The molecule has 1 amide bonds. The molecule has 182 valence electrons. The van der Waals surface area contributed by atoms with Crippen molar-refractivity contribution in [2.24, 2.45) is 4.99 Å². The molecule has 2 aromatic carbocycles. The maximum Gasteiger partial charge on any atom is 0.387 e. The molecule has 0 saturated heterocycles. The van der Waals surface area contributed by atoms with E-state index in [0.717, 1.165) is 17.7 Å². The maximum absolute atomic E-state index is 12.9. The average Bonchev–Trinajstić information content (AvgIpc) is 2.76. The predicted octanol–water partition coefficient (Wildman–Crippen LogP) is 4.91. The predicted molar refractivity (Wildman–Crippen MR) is 137 cm³/mol. The van der Waals surface area contributed by atoms with Gasteiger partial charge in [0.15, 0.2) is 17.5 Å². The Bertz CT molecular complexity index is 896. The van der Waals surface area contributed by atoms with Crippen LogP contribution in [-0.2, 0) is 17.9 Å². The van der Waals surface area contributed by atoms with Crippen molar-refractivity contribution in [3.05, 3.63) is 53.6 Å². The van der Waals surface area contributed by atoms with Crippen LogP contribution in [0.25, 0.3) is 0 Å². The lowest BCUT2D eigenvalue weighted by atomic mass is 10.2. The second-order valence-corrected chi connectivity index (χ2v) is 6.83. The molecule has 33 heavy (non-hydrogen) atoms. The summed E-state index contributed by atoms with van der Waals surface area (Å²) in [4.78, 5) is 15.8. The van der Waals surface area contributed by atoms with E-state index in [4.69, 9.17) is 4.74 Å². The minimum Gasteiger partial charge on any atom is -0.490 e. The van der Waals surface area contributed by atoms with Crippen LogP contribution in [0.15, 0.2) is 47.5 Å². The third-order valence-electron chi connectivity index (χ3n) is 4.41. The smallest absolute Gasteiger partial charge is 0.387 e. The van der Waals surface area contributed by atoms with E-state index in [1.165, 1.54) is 0 Å². The Morgan fingerprint density at radius 1 is 1.06 bits per heavy atom. The molecule has 0 aliphatic heterocycles. The summed E-state index contributed by atoms with van der Waals surface area (Å²) in [5.41, 5.74) is 2.25. The van der Waals surface area contributed by atoms with Gasteiger partial charge in [-0.2, -0.15) is 8.78 Å². The van der Waals surface area contributed by atoms with Gasteiger partial charge >= 0.3 is 6.61 Å². The molecule has 0 saturated carbocycles. The Morgan fingerprint density at radius 2 is 1.76 bits per heavy atom. The Balaban J connectivity index is 0.00000544. The molecule has 0 atom stereocenters. The molecule has 10 heteroatoms. The largest absolute Gasteiger partial charge is 0.490 e. The van der Waals surface area contributed by atoms with Crippen molar-refractivity contribution in [1.82, 2.24) is 10.6 Å². The molecular formula is C23H31F2IN4O3. The van der Waals surface area contributed by atoms with Gasteiger partial charge in [-0.1, -0.05) is 31.2 Å². The van der Waals surface area contributed by atoms with Crippen LogP contribution >= 0.6 is 24.0 Å². The van der Waals surface area contributed by atoms with E-state index in [-0.39, 0.29) is 47.9 Å². The number of aliphatic imine (C=N–C) groups is 1. The van der Waals surface area contributed by atoms with E-state index < -0.39 is 6.61 Å². The topological polar surface area (TPSA) is 84.0 Å². The summed E-state index contributed by atoms with van der Waals surface area (Å²) in [6, 6.07) is 12.5. The van der Waals surface area contributed by atoms with Crippen LogP contribution in [0.3, 0.4) is 0 Å². The highest BCUT2D eigenvalue weighted by Crippen LogP contribution is 2.32. The summed E-state index contributed by atoms with van der Waals surface area (Å²) in [6.45, 7) is 1.81. The number of alkyl halides is 2. The van der Waals surface area contributed by atoms with Gasteiger partial charge in [0.25, 0.3) is 0 Å². The number of carbonyl (C=O) groups excluding carboxylic acids is 1. The molecule has 0 bridgehead atoms. The van der Waals surface area contributed by atoms with Gasteiger partial charge in [-0.25, -0.2) is 0 Å². The average molecular weight is 576 g/mol. The van der Waals surface area contributed by atoms with Gasteiger partial charge in [-0.15, -0.1) is 24.0 Å². The first-order valence-corrected chi connectivity index (χ1v) is 10.5. The SMILES string of the molecule is CCCC(=O)Nc1ccc(CNC(=NC)NCc2cccc(OCC)c2OC(F)F)cc1.I. The Labute approximate surface area is 210 Å². The minimum absolute atomic E-state index is 0. The molecule has 2 rings (SSSR count). The van der Waals surface area contributed by atoms with Gasteiger partial charge < -0.3 is 25.4 Å². The molecule has 0 aliphatic rings. The zero-order chi connectivity index (χ0) is 23.3. The van der Waals surface area contributed by atoms with Crippen molar-refractivity contribution in [3.8, 4) is 11.5 Å². The number of para-hydroxylation sites is 1. The van der Waals surface area contributed by atoms with Gasteiger partial charge in [0, 0.05) is 37.8 Å². The van der Waals surface area contributed by atoms with Crippen LogP contribution in [-0.4, -0.2) is 32.1 Å². The van der Waals surface area contributed by atoms with Crippen molar-refractivity contribution in [2.45, 2.75) is 46.4 Å². The summed E-state index contributed by atoms with van der Waals surface area (Å²) in [5, 5.41) is 9.11. The maximum atomic E-state index is 12.9. The molecule has 7 nitrogen and oxygen atoms in total. The molecule has 0 aromatic heterocycles. The Hall–Kier alpha value is -2.63. The highest BCUT2D eigenvalue weighted by molar-refractivity contribution is 14.0. The van der Waals surface area contributed by atoms with Crippen LogP contribution in [0.1, 0.15) is 37.8 Å². The fraction of sp³-hybridized carbons (Fsp3) is 0.391. The zero-order valence-electron chi connectivity index (χ0n) is 19.0. The van der Waals surface area contributed by atoms with Crippen molar-refractivity contribution in [1.29, 1.82) is 0 Å². The highest BCUT2D eigenvalue weighted by Gasteiger charge is 2.16. The van der Waals surface area contributed by atoms with E-state index in [9.17, 15) is 13.6 Å². The number of ether oxygens (including phenoxy) is 2. The summed E-state index contributed by atoms with van der Waals surface area (Å²) < 4.78 is 35.8. The van der Waals surface area contributed by atoms with E-state index >= 15 is 0 Å². The first-order valence-electron chi connectivity index (χ1n) is 10.5. The first-order chi connectivity index (χ1) is 15.5. The first kappa shape index (κ1) is 28.4. The number of amides is 1. The van der Waals surface area contributed by atoms with Crippen LogP contribution < -0.4 is 25.4 Å². The summed E-state index contributed by atoms with van der Waals surface area (Å²) in [7, 11) is 1.62. The monoisotopic (exact) mass is 576 g/mol. The van der Waals surface area contributed by atoms with Gasteiger partial charge in [0.1, 0.15) is 0 Å². The van der Waals surface area contributed by atoms with E-state index in [1.807, 2.05) is 31.2 Å². The third-order valence-corrected chi connectivity index (χ3v) is 4.41. The standard InChI is InChI=1S/C23H30F2N4O3.HI/c1-4-7-20(30)29-18-12-10-16(11-13-18)14-27-23(26-3)28-15-17-8-6-9-19(31-5-2)21(17)32-22(24)25;/h6,8-13,22H,4-5,7,14-15H2,1-3H3,(H,29,30)(H2,26,27,28);1H. The van der Waals surface area contributed by atoms with Crippen LogP contribution in [0.5, 0.6) is 11.5 Å². The van der Waals surface area contributed by atoms with Gasteiger partial charge in [-0.05, 0) is 37.1 Å². The lowest BCUT2D eigenvalue weighted by Crippen LogP contribution is -2.36. The molecule has 3 N–H and O–H groups in total. The second-order valence-electron chi connectivity index (χ2n) is 6.83. The number of carbonyl (C=O) groups is 1. The fourth-order valence-corrected chi connectivity index (χ4v) is 2.93. The van der Waals surface area contributed by atoms with Crippen molar-refractivity contribution in [2.75, 3.05) is 19.0 Å². The number of anilines is 1. The second kappa shape index (κ2) is 15.3. The van der Waals surface area contributed by atoms with Crippen molar-refractivity contribution < 1.29 is 23.0 Å². The van der Waals surface area contributed by atoms with Gasteiger partial charge in [-0.3, -0.25) is 9.79 Å². The highest BCUT2D eigenvalue weighted by atomic mass is 127. The fourth-order valence-electron chi connectivity index (χ4n) is 2.93. The Morgan fingerprint density at radius 3 is 2.36 bits per heavy atom. The van der Waals surface area contributed by atoms with Crippen molar-refractivity contribution >= 4 is 41.5 Å². The number of guanidine groups is 1. The number of benzene rings is 2. The number of nitrogens with zero attached hydrogens (tertiary/aromatic N) is 1. The van der Waals surface area contributed by atoms with E-state index in [0.29, 0.717) is 31.1 Å². The summed E-state index contributed by atoms with van der Waals surface area (Å²) in [6.07, 6.45) is 1.29. The number of rotatable bonds is 11. The van der Waals surface area contributed by atoms with E-state index in [1.54, 1.807) is 32.2 Å². The molecule has 0 aliphatic carbocycles. The van der Waals surface area contributed by atoms with Crippen LogP contribution in [0.2, 0.25) is 0 Å². The molecule has 2 aromatic rings. The van der Waals surface area contributed by atoms with Crippen molar-refractivity contribution in [3.63, 3.8) is 0 Å². The lowest BCUT2D eigenvalue weighted by molar-refractivity contribution is -0.116. The number of halogens is 3. The molecule has 0 heterocycles. The normalized spacial score (nSPS) is 10.9. The molecule has 0 spiro atoms. The molecule has 0 radical (unpaired) electrons.